The van der Waals surface area contributed by atoms with Crippen molar-refractivity contribution in [2.24, 2.45) is 0 Å². The van der Waals surface area contributed by atoms with Gasteiger partial charge in [0.1, 0.15) is 10.7 Å². The van der Waals surface area contributed by atoms with E-state index >= 15 is 0 Å². The maximum atomic E-state index is 13.3. The quantitative estimate of drug-likeness (QED) is 0.508. The fraction of sp³-hybridized carbons (Fsp3) is 0.333. The number of thiazole rings is 1. The fourth-order valence-corrected chi connectivity index (χ4v) is 3.84. The largest absolute Gasteiger partial charge is 0.334 e. The first-order valence-corrected chi connectivity index (χ1v) is 10.2. The minimum Gasteiger partial charge on any atom is -0.334 e. The van der Waals surface area contributed by atoms with Gasteiger partial charge in [0.25, 0.3) is 5.91 Å². The summed E-state index contributed by atoms with van der Waals surface area (Å²) in [5.41, 5.74) is 1.58. The normalized spacial score (nSPS) is 10.8. The summed E-state index contributed by atoms with van der Waals surface area (Å²) in [5.74, 6) is 0.182. The minimum absolute atomic E-state index is 0.0578. The molecular weight excluding hydrogens is 375 g/mol. The van der Waals surface area contributed by atoms with Crippen molar-refractivity contribution >= 4 is 17.2 Å². The fourth-order valence-electron chi connectivity index (χ4n) is 2.86. The van der Waals surface area contributed by atoms with Crippen molar-refractivity contribution in [3.63, 3.8) is 0 Å². The second-order valence-corrected chi connectivity index (χ2v) is 7.57. The summed E-state index contributed by atoms with van der Waals surface area (Å²) < 4.78 is 13.2. The molecule has 0 fully saturated rings. The summed E-state index contributed by atoms with van der Waals surface area (Å²) in [6, 6.07) is 8.03. The van der Waals surface area contributed by atoms with E-state index in [9.17, 15) is 9.18 Å². The zero-order valence-electron chi connectivity index (χ0n) is 16.1. The number of carbonyl (C=O) groups is 1. The highest BCUT2D eigenvalue weighted by molar-refractivity contribution is 7.17. The van der Waals surface area contributed by atoms with E-state index in [-0.39, 0.29) is 11.7 Å². The molecular formula is C21H23FN4OS. The van der Waals surface area contributed by atoms with Crippen LogP contribution in [0.4, 0.5) is 4.39 Å². The van der Waals surface area contributed by atoms with Crippen molar-refractivity contribution in [2.75, 3.05) is 6.54 Å². The van der Waals surface area contributed by atoms with E-state index in [4.69, 9.17) is 0 Å². The highest BCUT2D eigenvalue weighted by Crippen LogP contribution is 2.27. The van der Waals surface area contributed by atoms with Crippen LogP contribution in [0.15, 0.2) is 42.7 Å². The maximum Gasteiger partial charge on any atom is 0.266 e. The van der Waals surface area contributed by atoms with Crippen LogP contribution in [0, 0.1) is 12.7 Å². The molecule has 0 atom stereocenters. The van der Waals surface area contributed by atoms with Gasteiger partial charge in [-0.25, -0.2) is 19.3 Å². The molecule has 0 aliphatic heterocycles. The number of amides is 1. The van der Waals surface area contributed by atoms with E-state index in [1.54, 1.807) is 30.6 Å². The van der Waals surface area contributed by atoms with E-state index < -0.39 is 0 Å². The number of aromatic nitrogens is 3. The molecule has 0 saturated carbocycles. The average Bonchev–Trinajstić information content (AvgIpc) is 3.11. The molecule has 28 heavy (non-hydrogen) atoms. The Labute approximate surface area is 168 Å². The molecule has 2 heterocycles. The monoisotopic (exact) mass is 398 g/mol. The van der Waals surface area contributed by atoms with Gasteiger partial charge >= 0.3 is 0 Å². The van der Waals surface area contributed by atoms with Crippen LogP contribution in [-0.4, -0.2) is 32.3 Å². The molecule has 0 bridgehead atoms. The first-order valence-electron chi connectivity index (χ1n) is 9.37. The molecule has 1 aromatic carbocycles. The van der Waals surface area contributed by atoms with Crippen LogP contribution in [-0.2, 0) is 6.54 Å². The van der Waals surface area contributed by atoms with Gasteiger partial charge in [-0.15, -0.1) is 11.3 Å². The second kappa shape index (κ2) is 9.50. The van der Waals surface area contributed by atoms with E-state index in [0.717, 1.165) is 24.8 Å². The minimum atomic E-state index is -0.279. The van der Waals surface area contributed by atoms with Gasteiger partial charge < -0.3 is 4.90 Å². The summed E-state index contributed by atoms with van der Waals surface area (Å²) >= 11 is 1.31. The Balaban J connectivity index is 1.83. The van der Waals surface area contributed by atoms with Crippen molar-refractivity contribution in [2.45, 2.75) is 39.7 Å². The van der Waals surface area contributed by atoms with E-state index in [0.29, 0.717) is 34.5 Å². The molecule has 0 spiro atoms. The Bertz CT molecular complexity index is 912. The van der Waals surface area contributed by atoms with Gasteiger partial charge in [0.2, 0.25) is 0 Å². The Morgan fingerprint density at radius 1 is 1.14 bits per heavy atom. The SMILES string of the molecule is CCCCCN(Cc1ccc(F)cc1)C(=O)c1sc(-c2ncccn2)nc1C. The number of nitrogens with zero attached hydrogens (tertiary/aromatic N) is 4. The number of halogens is 1. The van der Waals surface area contributed by atoms with Gasteiger partial charge in [0.05, 0.1) is 5.69 Å². The number of rotatable bonds is 8. The molecule has 0 radical (unpaired) electrons. The summed E-state index contributed by atoms with van der Waals surface area (Å²) in [6.45, 7) is 5.06. The van der Waals surface area contributed by atoms with Crippen LogP contribution >= 0.6 is 11.3 Å². The molecule has 3 aromatic rings. The van der Waals surface area contributed by atoms with Crippen molar-refractivity contribution in [1.29, 1.82) is 0 Å². The van der Waals surface area contributed by atoms with Crippen molar-refractivity contribution in [3.8, 4) is 10.8 Å². The third kappa shape index (κ3) is 4.98. The topological polar surface area (TPSA) is 59.0 Å². The molecule has 5 nitrogen and oxygen atoms in total. The third-order valence-electron chi connectivity index (χ3n) is 4.35. The molecule has 0 unspecified atom stereocenters. The summed E-state index contributed by atoms with van der Waals surface area (Å²) in [6.07, 6.45) is 6.37. The van der Waals surface area contributed by atoms with Gasteiger partial charge in [0.15, 0.2) is 10.8 Å². The smallest absolute Gasteiger partial charge is 0.266 e. The molecule has 2 aromatic heterocycles. The number of carbonyl (C=O) groups excluding carboxylic acids is 1. The lowest BCUT2D eigenvalue weighted by molar-refractivity contribution is 0.0744. The maximum absolute atomic E-state index is 13.3. The van der Waals surface area contributed by atoms with Gasteiger partial charge in [-0.2, -0.15) is 0 Å². The summed E-state index contributed by atoms with van der Waals surface area (Å²) in [5, 5.41) is 0.636. The van der Waals surface area contributed by atoms with Crippen LogP contribution < -0.4 is 0 Å². The molecule has 3 rings (SSSR count). The number of benzene rings is 1. The van der Waals surface area contributed by atoms with Crippen LogP contribution in [0.3, 0.4) is 0 Å². The highest BCUT2D eigenvalue weighted by Gasteiger charge is 2.22. The molecule has 0 aliphatic carbocycles. The van der Waals surface area contributed by atoms with E-state index in [1.807, 2.05) is 11.8 Å². The van der Waals surface area contributed by atoms with Crippen molar-refractivity contribution < 1.29 is 9.18 Å². The zero-order valence-corrected chi connectivity index (χ0v) is 16.9. The van der Waals surface area contributed by atoms with Crippen LogP contribution in [0.5, 0.6) is 0 Å². The third-order valence-corrected chi connectivity index (χ3v) is 5.49. The van der Waals surface area contributed by atoms with Crippen LogP contribution in [0.1, 0.15) is 47.1 Å². The van der Waals surface area contributed by atoms with Crippen LogP contribution in [0.25, 0.3) is 10.8 Å². The Hall–Kier alpha value is -2.67. The van der Waals surface area contributed by atoms with Gasteiger partial charge in [-0.3, -0.25) is 4.79 Å². The predicted molar refractivity (Wildman–Crippen MR) is 109 cm³/mol. The Morgan fingerprint density at radius 3 is 2.54 bits per heavy atom. The number of hydrogen-bond acceptors (Lipinski definition) is 5. The van der Waals surface area contributed by atoms with Crippen molar-refractivity contribution in [3.05, 3.63) is 64.7 Å². The van der Waals surface area contributed by atoms with Crippen molar-refractivity contribution in [1.82, 2.24) is 19.9 Å². The predicted octanol–water partition coefficient (Wildman–Crippen LogP) is 4.88. The molecule has 0 aliphatic rings. The number of hydrogen-bond donors (Lipinski definition) is 0. The van der Waals surface area contributed by atoms with Gasteiger partial charge in [-0.05, 0) is 37.1 Å². The molecule has 0 saturated heterocycles. The zero-order chi connectivity index (χ0) is 19.9. The van der Waals surface area contributed by atoms with Gasteiger partial charge in [0, 0.05) is 25.5 Å². The molecule has 1 amide bonds. The first kappa shape index (κ1) is 20.1. The molecule has 7 heteroatoms. The van der Waals surface area contributed by atoms with Gasteiger partial charge in [-0.1, -0.05) is 31.9 Å². The Kier molecular flexibility index (Phi) is 6.81. The first-order chi connectivity index (χ1) is 13.6. The lowest BCUT2D eigenvalue weighted by Crippen LogP contribution is -2.31. The van der Waals surface area contributed by atoms with Crippen LogP contribution in [0.2, 0.25) is 0 Å². The molecule has 0 N–H and O–H groups in total. The number of aryl methyl sites for hydroxylation is 1. The lowest BCUT2D eigenvalue weighted by atomic mass is 10.1. The number of unbranched alkanes of at least 4 members (excludes halogenated alkanes) is 2. The van der Waals surface area contributed by atoms with E-state index in [2.05, 4.69) is 21.9 Å². The summed E-state index contributed by atoms with van der Waals surface area (Å²) in [7, 11) is 0. The average molecular weight is 399 g/mol. The Morgan fingerprint density at radius 2 is 1.86 bits per heavy atom. The lowest BCUT2D eigenvalue weighted by Gasteiger charge is -2.22. The second-order valence-electron chi connectivity index (χ2n) is 6.57. The standard InChI is InChI=1S/C21H23FN4OS/c1-3-4-5-13-26(14-16-7-9-17(22)10-8-16)21(27)18-15(2)25-20(28-18)19-23-11-6-12-24-19/h6-12H,3-5,13-14H2,1-2H3. The van der Waals surface area contributed by atoms with E-state index in [1.165, 1.54) is 23.5 Å². The highest BCUT2D eigenvalue weighted by atomic mass is 32.1. The summed E-state index contributed by atoms with van der Waals surface area (Å²) in [4.78, 5) is 28.6. The molecule has 146 valence electrons.